The first-order chi connectivity index (χ1) is 8.85. The highest BCUT2D eigenvalue weighted by Crippen LogP contribution is 2.14. The van der Waals surface area contributed by atoms with Gasteiger partial charge in [0.2, 0.25) is 0 Å². The molecule has 0 bridgehead atoms. The normalized spacial score (nSPS) is 12.6. The second-order valence-corrected chi connectivity index (χ2v) is 3.94. The van der Waals surface area contributed by atoms with E-state index in [0.29, 0.717) is 0 Å². The topological polar surface area (TPSA) is 68.5 Å². The van der Waals surface area contributed by atoms with Gasteiger partial charge in [0.25, 0.3) is 0 Å². The molecule has 2 rings (SSSR count). The molecule has 6 nitrogen and oxygen atoms in total. The molecule has 2 heterocycles. The first-order valence-electron chi connectivity index (χ1n) is 6.21. The van der Waals surface area contributed by atoms with Gasteiger partial charge in [-0.2, -0.15) is 5.10 Å². The molecule has 18 heavy (non-hydrogen) atoms. The minimum Gasteiger partial charge on any atom is -0.308 e. The van der Waals surface area contributed by atoms with Crippen LogP contribution < -0.4 is 5.32 Å². The fraction of sp³-hybridized carbons (Fsp3) is 0.500. The number of nitrogens with zero attached hydrogens (tertiary/aromatic N) is 5. The lowest BCUT2D eigenvalue weighted by Gasteiger charge is -2.16. The highest BCUT2D eigenvalue weighted by molar-refractivity contribution is 5.06. The summed E-state index contributed by atoms with van der Waals surface area (Å²) in [6, 6.07) is 0.123. The van der Waals surface area contributed by atoms with Crippen LogP contribution in [0.1, 0.15) is 31.4 Å². The highest BCUT2D eigenvalue weighted by atomic mass is 15.3. The number of hydrogen-bond acceptors (Lipinski definition) is 5. The molecule has 0 aliphatic heterocycles. The van der Waals surface area contributed by atoms with Crippen LogP contribution in [0, 0.1) is 0 Å². The Morgan fingerprint density at radius 2 is 2.17 bits per heavy atom. The lowest BCUT2D eigenvalue weighted by Crippen LogP contribution is -2.25. The van der Waals surface area contributed by atoms with E-state index in [4.69, 9.17) is 0 Å². The molecular formula is C12H18N6. The lowest BCUT2D eigenvalue weighted by molar-refractivity contribution is 0.499. The third-order valence-electron chi connectivity index (χ3n) is 2.77. The zero-order valence-electron chi connectivity index (χ0n) is 10.7. The van der Waals surface area contributed by atoms with Crippen molar-refractivity contribution >= 4 is 0 Å². The molecule has 0 saturated heterocycles. The number of rotatable bonds is 6. The number of likely N-dealkylation sites (N-methyl/N-ethyl adjacent to an activating group) is 1. The fourth-order valence-electron chi connectivity index (χ4n) is 1.91. The predicted octanol–water partition coefficient (Wildman–Crippen LogP) is 0.981. The van der Waals surface area contributed by atoms with Gasteiger partial charge in [-0.05, 0) is 13.5 Å². The lowest BCUT2D eigenvalue weighted by atomic mass is 10.1. The van der Waals surface area contributed by atoms with Crippen LogP contribution in [-0.4, -0.2) is 31.3 Å². The average molecular weight is 246 g/mol. The summed E-state index contributed by atoms with van der Waals surface area (Å²) in [4.78, 5) is 12.8. The van der Waals surface area contributed by atoms with Gasteiger partial charge in [-0.3, -0.25) is 14.6 Å². The van der Waals surface area contributed by atoms with Crippen LogP contribution in [0.15, 0.2) is 24.9 Å². The summed E-state index contributed by atoms with van der Waals surface area (Å²) in [5.74, 6) is 0.967. The molecule has 0 aliphatic carbocycles. The monoisotopic (exact) mass is 246 g/mol. The molecule has 2 aromatic rings. The molecule has 0 aromatic carbocycles. The van der Waals surface area contributed by atoms with E-state index in [1.165, 1.54) is 0 Å². The first-order valence-corrected chi connectivity index (χ1v) is 6.21. The van der Waals surface area contributed by atoms with Crippen LogP contribution in [0.25, 0.3) is 0 Å². The zero-order valence-corrected chi connectivity index (χ0v) is 10.7. The van der Waals surface area contributed by atoms with Gasteiger partial charge in [0.15, 0.2) is 0 Å². The van der Waals surface area contributed by atoms with Crippen molar-refractivity contribution in [3.8, 4) is 0 Å². The Morgan fingerprint density at radius 1 is 1.28 bits per heavy atom. The smallest absolute Gasteiger partial charge is 0.138 e. The standard InChI is InChI=1S/C12H18N6/c1-3-14-10(11-8-13-5-6-15-11)7-12-16-9-17-18(12)4-2/h5-6,8-10,14H,3-4,7H2,1-2H3. The van der Waals surface area contributed by atoms with E-state index in [1.54, 1.807) is 24.9 Å². The van der Waals surface area contributed by atoms with Gasteiger partial charge in [0.05, 0.1) is 11.7 Å². The van der Waals surface area contributed by atoms with Crippen molar-refractivity contribution in [3.63, 3.8) is 0 Å². The summed E-state index contributed by atoms with van der Waals surface area (Å²) in [5.41, 5.74) is 0.935. The van der Waals surface area contributed by atoms with E-state index in [-0.39, 0.29) is 6.04 Å². The van der Waals surface area contributed by atoms with Crippen LogP contribution in [0.2, 0.25) is 0 Å². The van der Waals surface area contributed by atoms with Gasteiger partial charge >= 0.3 is 0 Å². The molecule has 2 aromatic heterocycles. The van der Waals surface area contributed by atoms with Gasteiger partial charge in [-0.15, -0.1) is 0 Å². The van der Waals surface area contributed by atoms with E-state index < -0.39 is 0 Å². The largest absolute Gasteiger partial charge is 0.308 e. The van der Waals surface area contributed by atoms with Gasteiger partial charge in [-0.1, -0.05) is 6.92 Å². The zero-order chi connectivity index (χ0) is 12.8. The Bertz CT molecular complexity index is 466. The number of aryl methyl sites for hydroxylation is 1. The van der Waals surface area contributed by atoms with Crippen LogP contribution in [-0.2, 0) is 13.0 Å². The number of nitrogens with one attached hydrogen (secondary N) is 1. The number of aromatic nitrogens is 5. The van der Waals surface area contributed by atoms with E-state index in [1.807, 2.05) is 4.68 Å². The highest BCUT2D eigenvalue weighted by Gasteiger charge is 2.15. The van der Waals surface area contributed by atoms with Gasteiger partial charge in [-0.25, -0.2) is 4.98 Å². The summed E-state index contributed by atoms with van der Waals surface area (Å²) < 4.78 is 1.90. The molecule has 96 valence electrons. The maximum absolute atomic E-state index is 4.35. The summed E-state index contributed by atoms with van der Waals surface area (Å²) in [7, 11) is 0. The van der Waals surface area contributed by atoms with Gasteiger partial charge < -0.3 is 5.32 Å². The molecule has 0 radical (unpaired) electrons. The van der Waals surface area contributed by atoms with Gasteiger partial charge in [0, 0.05) is 31.6 Å². The summed E-state index contributed by atoms with van der Waals surface area (Å²) in [6.45, 7) is 5.84. The predicted molar refractivity (Wildman–Crippen MR) is 67.8 cm³/mol. The van der Waals surface area contributed by atoms with Crippen LogP contribution >= 0.6 is 0 Å². The molecule has 0 amide bonds. The SMILES string of the molecule is CCNC(Cc1ncnn1CC)c1cnccn1. The Hall–Kier alpha value is -1.82. The third-order valence-corrected chi connectivity index (χ3v) is 2.77. The summed E-state index contributed by atoms with van der Waals surface area (Å²) in [6.07, 6.45) is 7.55. The Morgan fingerprint density at radius 3 is 2.83 bits per heavy atom. The van der Waals surface area contributed by atoms with Crippen molar-refractivity contribution in [2.45, 2.75) is 32.9 Å². The van der Waals surface area contributed by atoms with Crippen LogP contribution in [0.4, 0.5) is 0 Å². The third kappa shape index (κ3) is 2.89. The minimum atomic E-state index is 0.123. The van der Waals surface area contributed by atoms with Crippen LogP contribution in [0.3, 0.4) is 0 Å². The maximum atomic E-state index is 4.35. The molecule has 1 N–H and O–H groups in total. The molecule has 0 saturated carbocycles. The Balaban J connectivity index is 2.16. The summed E-state index contributed by atoms with van der Waals surface area (Å²) in [5, 5.41) is 7.59. The number of hydrogen-bond donors (Lipinski definition) is 1. The van der Waals surface area contributed by atoms with E-state index >= 15 is 0 Å². The van der Waals surface area contributed by atoms with E-state index in [9.17, 15) is 0 Å². The molecular weight excluding hydrogens is 228 g/mol. The molecule has 0 fully saturated rings. The van der Waals surface area contributed by atoms with Crippen molar-refractivity contribution in [2.24, 2.45) is 0 Å². The quantitative estimate of drug-likeness (QED) is 0.823. The minimum absolute atomic E-state index is 0.123. The van der Waals surface area contributed by atoms with Crippen molar-refractivity contribution in [1.82, 2.24) is 30.0 Å². The average Bonchev–Trinajstić information content (AvgIpc) is 2.86. The van der Waals surface area contributed by atoms with E-state index in [2.05, 4.69) is 39.2 Å². The van der Waals surface area contributed by atoms with Crippen molar-refractivity contribution < 1.29 is 0 Å². The molecule has 1 unspecified atom stereocenters. The van der Waals surface area contributed by atoms with Crippen molar-refractivity contribution in [1.29, 1.82) is 0 Å². The summed E-state index contributed by atoms with van der Waals surface area (Å²) >= 11 is 0. The second kappa shape index (κ2) is 6.20. The van der Waals surface area contributed by atoms with Crippen molar-refractivity contribution in [2.75, 3.05) is 6.54 Å². The molecule has 0 aliphatic rings. The Labute approximate surface area is 106 Å². The van der Waals surface area contributed by atoms with Gasteiger partial charge in [0.1, 0.15) is 12.2 Å². The van der Waals surface area contributed by atoms with Crippen molar-refractivity contribution in [3.05, 3.63) is 36.4 Å². The fourth-order valence-corrected chi connectivity index (χ4v) is 1.91. The molecule has 0 spiro atoms. The first kappa shape index (κ1) is 12.6. The van der Waals surface area contributed by atoms with Crippen LogP contribution in [0.5, 0.6) is 0 Å². The second-order valence-electron chi connectivity index (χ2n) is 3.94. The van der Waals surface area contributed by atoms with E-state index in [0.717, 1.165) is 31.0 Å². The maximum Gasteiger partial charge on any atom is 0.138 e. The molecule has 6 heteroatoms. The molecule has 1 atom stereocenters. The Kier molecular flexibility index (Phi) is 4.35.